The first-order valence-corrected chi connectivity index (χ1v) is 9.42. The van der Waals surface area contributed by atoms with Gasteiger partial charge in [0.2, 0.25) is 0 Å². The second kappa shape index (κ2) is 8.48. The first-order chi connectivity index (χ1) is 13.8. The first-order valence-electron chi connectivity index (χ1n) is 9.42. The predicted octanol–water partition coefficient (Wildman–Crippen LogP) is 3.01. The molecule has 3 aromatic rings. The van der Waals surface area contributed by atoms with Gasteiger partial charge in [0.15, 0.2) is 5.82 Å². The summed E-state index contributed by atoms with van der Waals surface area (Å²) in [6, 6.07) is 9.56. The number of aryl methyl sites for hydroxylation is 1. The third-order valence-electron chi connectivity index (χ3n) is 4.52. The Labute approximate surface area is 168 Å². The summed E-state index contributed by atoms with van der Waals surface area (Å²) in [5.74, 6) is -0.0718. The Morgan fingerprint density at radius 3 is 2.62 bits per heavy atom. The Morgan fingerprint density at radius 2 is 1.97 bits per heavy atom. The molecule has 0 bridgehead atoms. The van der Waals surface area contributed by atoms with E-state index in [0.717, 1.165) is 5.56 Å². The zero-order chi connectivity index (χ0) is 21.1. The Kier molecular flexibility index (Phi) is 6.03. The molecular weight excluding hydrogens is 373 g/mol. The molecule has 8 heteroatoms. The molecule has 3 rings (SSSR count). The molecule has 1 aromatic heterocycles. The van der Waals surface area contributed by atoms with Crippen LogP contribution < -0.4 is 5.32 Å². The number of tetrazole rings is 1. The molecule has 0 spiro atoms. The largest absolute Gasteiger partial charge is 0.394 e. The maximum absolute atomic E-state index is 14.6. The van der Waals surface area contributed by atoms with E-state index in [4.69, 9.17) is 0 Å². The summed E-state index contributed by atoms with van der Waals surface area (Å²) >= 11 is 0. The number of nitrogens with one attached hydrogen (secondary N) is 1. The number of amides is 1. The fraction of sp³-hybridized carbons (Fsp3) is 0.333. The normalized spacial score (nSPS) is 12.2. The van der Waals surface area contributed by atoms with Crippen LogP contribution in [-0.2, 0) is 0 Å². The second-order valence-electron chi connectivity index (χ2n) is 7.41. The van der Waals surface area contributed by atoms with Crippen LogP contribution in [-0.4, -0.2) is 43.9 Å². The predicted molar refractivity (Wildman–Crippen MR) is 107 cm³/mol. The Hall–Kier alpha value is -3.13. The molecule has 2 N–H and O–H groups in total. The fourth-order valence-corrected chi connectivity index (χ4v) is 2.97. The van der Waals surface area contributed by atoms with E-state index in [2.05, 4.69) is 20.8 Å². The van der Waals surface area contributed by atoms with Gasteiger partial charge in [-0.3, -0.25) is 4.79 Å². The third kappa shape index (κ3) is 4.48. The number of carbonyl (C=O) groups excluding carboxylic acids is 1. The van der Waals surface area contributed by atoms with Crippen molar-refractivity contribution in [3.63, 3.8) is 0 Å². The van der Waals surface area contributed by atoms with E-state index in [-0.39, 0.29) is 24.2 Å². The van der Waals surface area contributed by atoms with E-state index in [9.17, 15) is 14.3 Å². The fourth-order valence-electron chi connectivity index (χ4n) is 2.97. The highest BCUT2D eigenvalue weighted by molar-refractivity contribution is 5.96. The maximum Gasteiger partial charge on any atom is 0.251 e. The van der Waals surface area contributed by atoms with Crippen molar-refractivity contribution < 1.29 is 14.3 Å². The minimum atomic E-state index is -0.412. The van der Waals surface area contributed by atoms with E-state index in [1.54, 1.807) is 35.9 Å². The number of halogens is 1. The number of rotatable bonds is 6. The number of carbonyl (C=O) groups is 1. The monoisotopic (exact) mass is 397 g/mol. The highest BCUT2D eigenvalue weighted by Crippen LogP contribution is 2.28. The van der Waals surface area contributed by atoms with Gasteiger partial charge in [-0.15, -0.1) is 5.10 Å². The van der Waals surface area contributed by atoms with Gasteiger partial charge >= 0.3 is 0 Å². The lowest BCUT2D eigenvalue weighted by molar-refractivity contribution is 0.0922. The summed E-state index contributed by atoms with van der Waals surface area (Å²) in [7, 11) is 0. The summed E-state index contributed by atoms with van der Waals surface area (Å²) in [6.45, 7) is 7.24. The van der Waals surface area contributed by atoms with Crippen LogP contribution in [0.3, 0.4) is 0 Å². The molecule has 152 valence electrons. The van der Waals surface area contributed by atoms with Gasteiger partial charge in [0.05, 0.1) is 12.3 Å². The summed E-state index contributed by atoms with van der Waals surface area (Å²) in [4.78, 5) is 12.7. The van der Waals surface area contributed by atoms with E-state index in [0.29, 0.717) is 28.2 Å². The highest BCUT2D eigenvalue weighted by atomic mass is 19.1. The molecule has 0 saturated carbocycles. The molecule has 1 atom stereocenters. The topological polar surface area (TPSA) is 92.9 Å². The van der Waals surface area contributed by atoms with Crippen molar-refractivity contribution >= 4 is 5.91 Å². The van der Waals surface area contributed by atoms with Crippen LogP contribution >= 0.6 is 0 Å². The van der Waals surface area contributed by atoms with Gasteiger partial charge in [0.1, 0.15) is 5.82 Å². The van der Waals surface area contributed by atoms with Crippen LogP contribution in [0.25, 0.3) is 16.8 Å². The number of aliphatic hydroxyl groups excluding tert-OH is 1. The van der Waals surface area contributed by atoms with Gasteiger partial charge in [-0.2, -0.15) is 4.68 Å². The quantitative estimate of drug-likeness (QED) is 0.667. The highest BCUT2D eigenvalue weighted by Gasteiger charge is 2.18. The van der Waals surface area contributed by atoms with Gasteiger partial charge < -0.3 is 10.4 Å². The summed E-state index contributed by atoms with van der Waals surface area (Å²) in [5.41, 5.74) is 2.59. The molecule has 0 aliphatic heterocycles. The van der Waals surface area contributed by atoms with Gasteiger partial charge in [-0.05, 0) is 59.7 Å². The molecule has 0 radical (unpaired) electrons. The lowest BCUT2D eigenvalue weighted by atomic mass is 9.99. The average Bonchev–Trinajstić information content (AvgIpc) is 3.17. The molecule has 0 aliphatic carbocycles. The Morgan fingerprint density at radius 1 is 1.21 bits per heavy atom. The molecule has 29 heavy (non-hydrogen) atoms. The van der Waals surface area contributed by atoms with Gasteiger partial charge in [-0.1, -0.05) is 26.0 Å². The average molecular weight is 397 g/mol. The van der Waals surface area contributed by atoms with Gasteiger partial charge in [0.25, 0.3) is 5.91 Å². The van der Waals surface area contributed by atoms with Crippen LogP contribution in [0, 0.1) is 12.7 Å². The zero-order valence-corrected chi connectivity index (χ0v) is 16.8. The van der Waals surface area contributed by atoms with Crippen LogP contribution in [0.2, 0.25) is 0 Å². The van der Waals surface area contributed by atoms with Crippen molar-refractivity contribution in [1.29, 1.82) is 0 Å². The van der Waals surface area contributed by atoms with E-state index >= 15 is 0 Å². The minimum Gasteiger partial charge on any atom is -0.394 e. The minimum absolute atomic E-state index is 0.0523. The zero-order valence-electron chi connectivity index (χ0n) is 16.8. The molecule has 0 fully saturated rings. The maximum atomic E-state index is 14.6. The molecule has 7 nitrogen and oxygen atoms in total. The van der Waals surface area contributed by atoms with Crippen molar-refractivity contribution in [1.82, 2.24) is 25.5 Å². The van der Waals surface area contributed by atoms with Crippen LogP contribution in [0.4, 0.5) is 4.39 Å². The van der Waals surface area contributed by atoms with Crippen molar-refractivity contribution in [2.45, 2.75) is 39.7 Å². The SMILES string of the molecule is Cc1ccc(-c2cc(C(=O)N[C@@H](C)CO)cc(-n3nnnc3C(C)C)c2)c(F)c1. The number of hydrogen-bond donors (Lipinski definition) is 2. The molecule has 1 amide bonds. The number of nitrogens with zero attached hydrogens (tertiary/aromatic N) is 4. The van der Waals surface area contributed by atoms with E-state index < -0.39 is 6.04 Å². The Bertz CT molecular complexity index is 1030. The standard InChI is InChI=1S/C21H24FN5O2/c1-12(2)20-24-25-26-27(20)17-9-15(18-6-5-13(3)7-19(18)22)8-16(10-17)21(29)23-14(4)11-28/h5-10,12,14,28H,11H2,1-4H3,(H,23,29)/t14-/m0/s1. The lowest BCUT2D eigenvalue weighted by Gasteiger charge is -2.15. The second-order valence-corrected chi connectivity index (χ2v) is 7.41. The molecule has 1 heterocycles. The van der Waals surface area contributed by atoms with Crippen LogP contribution in [0.1, 0.15) is 48.4 Å². The number of aromatic nitrogens is 4. The third-order valence-corrected chi connectivity index (χ3v) is 4.52. The van der Waals surface area contributed by atoms with E-state index in [1.807, 2.05) is 26.8 Å². The number of aliphatic hydroxyl groups is 1. The summed E-state index contributed by atoms with van der Waals surface area (Å²) < 4.78 is 16.2. The van der Waals surface area contributed by atoms with Gasteiger partial charge in [-0.25, -0.2) is 4.39 Å². The van der Waals surface area contributed by atoms with Crippen LogP contribution in [0.5, 0.6) is 0 Å². The first kappa shape index (κ1) is 20.6. The molecule has 0 aliphatic rings. The van der Waals surface area contributed by atoms with E-state index in [1.165, 1.54) is 6.07 Å². The smallest absolute Gasteiger partial charge is 0.251 e. The van der Waals surface area contributed by atoms with Crippen LogP contribution in [0.15, 0.2) is 36.4 Å². The van der Waals surface area contributed by atoms with Crippen molar-refractivity contribution in [3.05, 3.63) is 59.2 Å². The molecule has 0 unspecified atom stereocenters. The lowest BCUT2D eigenvalue weighted by Crippen LogP contribution is -2.35. The summed E-state index contributed by atoms with van der Waals surface area (Å²) in [6.07, 6.45) is 0. The number of hydrogen-bond acceptors (Lipinski definition) is 5. The van der Waals surface area contributed by atoms with Crippen molar-refractivity contribution in [3.8, 4) is 16.8 Å². The number of benzene rings is 2. The van der Waals surface area contributed by atoms with Crippen molar-refractivity contribution in [2.24, 2.45) is 0 Å². The molecule has 2 aromatic carbocycles. The molecular formula is C21H24FN5O2. The summed E-state index contributed by atoms with van der Waals surface area (Å²) in [5, 5.41) is 23.8. The van der Waals surface area contributed by atoms with Gasteiger partial charge in [0, 0.05) is 23.1 Å². The Balaban J connectivity index is 2.16. The molecule has 0 saturated heterocycles. The van der Waals surface area contributed by atoms with Crippen molar-refractivity contribution in [2.75, 3.05) is 6.61 Å².